The topological polar surface area (TPSA) is 101 Å². The van der Waals surface area contributed by atoms with E-state index < -0.39 is 10.0 Å². The van der Waals surface area contributed by atoms with E-state index in [1.54, 1.807) is 6.07 Å². The van der Waals surface area contributed by atoms with Gasteiger partial charge in [-0.3, -0.25) is 0 Å². The van der Waals surface area contributed by atoms with Gasteiger partial charge in [0.15, 0.2) is 5.82 Å². The van der Waals surface area contributed by atoms with Crippen molar-refractivity contribution in [2.45, 2.75) is 24.0 Å². The van der Waals surface area contributed by atoms with Gasteiger partial charge in [0.05, 0.1) is 0 Å². The van der Waals surface area contributed by atoms with Crippen LogP contribution in [0.2, 0.25) is 0 Å². The van der Waals surface area contributed by atoms with E-state index in [9.17, 15) is 8.42 Å². The second-order valence-corrected chi connectivity index (χ2v) is 6.71. The summed E-state index contributed by atoms with van der Waals surface area (Å²) in [6.07, 6.45) is 1.24. The molecular weight excluding hydrogens is 274 g/mol. The second-order valence-electron chi connectivity index (χ2n) is 3.55. The summed E-state index contributed by atoms with van der Waals surface area (Å²) in [7, 11) is -3.42. The first kappa shape index (κ1) is 13.1. The number of hydrogen-bond donors (Lipinski definition) is 2. The van der Waals surface area contributed by atoms with E-state index in [0.717, 1.165) is 11.3 Å². The van der Waals surface area contributed by atoms with E-state index in [2.05, 4.69) is 25.3 Å². The molecule has 18 heavy (non-hydrogen) atoms. The molecule has 0 saturated carbocycles. The van der Waals surface area contributed by atoms with Crippen LogP contribution in [0.25, 0.3) is 0 Å². The lowest BCUT2D eigenvalue weighted by molar-refractivity contribution is 0.583. The molecule has 98 valence electrons. The summed E-state index contributed by atoms with van der Waals surface area (Å²) in [5.41, 5.74) is 0. The summed E-state index contributed by atoms with van der Waals surface area (Å²) in [6.45, 7) is 2.24. The Bertz CT molecular complexity index is 590. The minimum absolute atomic E-state index is 0.251. The number of sulfonamides is 1. The zero-order valence-corrected chi connectivity index (χ0v) is 11.4. The second kappa shape index (κ2) is 5.55. The molecule has 0 atom stereocenters. The van der Waals surface area contributed by atoms with Gasteiger partial charge in [-0.25, -0.2) is 13.1 Å². The van der Waals surface area contributed by atoms with E-state index in [1.807, 2.05) is 13.0 Å². The van der Waals surface area contributed by atoms with Gasteiger partial charge >= 0.3 is 0 Å². The maximum Gasteiger partial charge on any atom is 0.250 e. The molecule has 0 fully saturated rings. The number of aryl methyl sites for hydroxylation is 1. The van der Waals surface area contributed by atoms with Crippen LogP contribution < -0.4 is 4.72 Å². The lowest BCUT2D eigenvalue weighted by Gasteiger charge is -2.02. The predicted octanol–water partition coefficient (Wildman–Crippen LogP) is 0.345. The predicted molar refractivity (Wildman–Crippen MR) is 66.8 cm³/mol. The summed E-state index contributed by atoms with van der Waals surface area (Å²) in [5.74, 6) is 0.484. The van der Waals surface area contributed by atoms with E-state index in [1.165, 1.54) is 11.3 Å². The molecule has 0 aliphatic rings. The van der Waals surface area contributed by atoms with E-state index >= 15 is 0 Å². The highest BCUT2D eigenvalue weighted by Gasteiger charge is 2.16. The first-order valence-corrected chi connectivity index (χ1v) is 7.72. The first-order chi connectivity index (χ1) is 8.62. The van der Waals surface area contributed by atoms with Crippen molar-refractivity contribution in [1.29, 1.82) is 0 Å². The molecule has 2 aromatic rings. The van der Waals surface area contributed by atoms with Crippen molar-refractivity contribution in [2.75, 3.05) is 6.54 Å². The van der Waals surface area contributed by atoms with Crippen molar-refractivity contribution in [3.05, 3.63) is 22.8 Å². The Kier molecular flexibility index (Phi) is 4.04. The minimum Gasteiger partial charge on any atom is -0.210 e. The average Bonchev–Trinajstić information content (AvgIpc) is 2.99. The molecule has 9 heteroatoms. The molecule has 0 saturated heterocycles. The number of nitrogens with one attached hydrogen (secondary N) is 2. The summed E-state index contributed by atoms with van der Waals surface area (Å²) < 4.78 is 26.7. The third-order valence-electron chi connectivity index (χ3n) is 2.28. The Morgan fingerprint density at radius 3 is 2.89 bits per heavy atom. The standard InChI is InChI=1S/C9H13N5O2S2/c1-2-7-3-4-9(17-7)18(15,16)10-6-5-8-11-13-14-12-8/h3-4,10H,2,5-6H2,1H3,(H,11,12,13,14). The molecule has 0 aliphatic heterocycles. The Morgan fingerprint density at radius 1 is 1.44 bits per heavy atom. The van der Waals surface area contributed by atoms with Crippen molar-refractivity contribution in [3.63, 3.8) is 0 Å². The number of thiophene rings is 1. The molecular formula is C9H13N5O2S2. The van der Waals surface area contributed by atoms with Crippen molar-refractivity contribution >= 4 is 21.4 Å². The molecule has 2 N–H and O–H groups in total. The number of hydrogen-bond acceptors (Lipinski definition) is 6. The molecule has 0 radical (unpaired) electrons. The highest BCUT2D eigenvalue weighted by Crippen LogP contribution is 2.21. The zero-order chi connectivity index (χ0) is 13.0. The van der Waals surface area contributed by atoms with Gasteiger partial charge in [-0.05, 0) is 18.6 Å². The molecule has 0 aliphatic carbocycles. The van der Waals surface area contributed by atoms with Crippen LogP contribution in [-0.4, -0.2) is 35.6 Å². The van der Waals surface area contributed by atoms with Gasteiger partial charge in [-0.2, -0.15) is 5.21 Å². The quantitative estimate of drug-likeness (QED) is 0.798. The third kappa shape index (κ3) is 3.12. The molecule has 0 spiro atoms. The fourth-order valence-corrected chi connectivity index (χ4v) is 3.72. The molecule has 2 rings (SSSR count). The van der Waals surface area contributed by atoms with Gasteiger partial charge in [0.25, 0.3) is 0 Å². The average molecular weight is 287 g/mol. The number of H-pyrrole nitrogens is 1. The normalized spacial score (nSPS) is 11.8. The van der Waals surface area contributed by atoms with Crippen molar-refractivity contribution < 1.29 is 8.42 Å². The maximum atomic E-state index is 11.9. The van der Waals surface area contributed by atoms with Crippen LogP contribution in [0.3, 0.4) is 0 Å². The van der Waals surface area contributed by atoms with Crippen molar-refractivity contribution in [2.24, 2.45) is 0 Å². The number of rotatable bonds is 6. The number of tetrazole rings is 1. The van der Waals surface area contributed by atoms with Gasteiger partial charge < -0.3 is 0 Å². The largest absolute Gasteiger partial charge is 0.250 e. The highest BCUT2D eigenvalue weighted by atomic mass is 32.2. The number of aromatic nitrogens is 4. The third-order valence-corrected chi connectivity index (χ3v) is 5.46. The number of nitrogens with zero attached hydrogens (tertiary/aromatic N) is 3. The summed E-state index contributed by atoms with van der Waals surface area (Å²) in [5, 5.41) is 13.2. The van der Waals surface area contributed by atoms with Crippen LogP contribution in [0.4, 0.5) is 0 Å². The molecule has 0 aromatic carbocycles. The van der Waals surface area contributed by atoms with Crippen LogP contribution in [-0.2, 0) is 22.9 Å². The number of aromatic amines is 1. The van der Waals surface area contributed by atoms with E-state index in [-0.39, 0.29) is 6.54 Å². The van der Waals surface area contributed by atoms with Crippen molar-refractivity contribution in [1.82, 2.24) is 25.3 Å². The lowest BCUT2D eigenvalue weighted by atomic mass is 10.4. The fourth-order valence-electron chi connectivity index (χ4n) is 1.35. The molecule has 2 aromatic heterocycles. The zero-order valence-electron chi connectivity index (χ0n) is 9.75. The molecule has 0 unspecified atom stereocenters. The summed E-state index contributed by atoms with van der Waals surface area (Å²) in [4.78, 5) is 1.05. The van der Waals surface area contributed by atoms with Gasteiger partial charge in [-0.15, -0.1) is 21.5 Å². The van der Waals surface area contributed by atoms with Gasteiger partial charge in [0.1, 0.15) is 4.21 Å². The maximum absolute atomic E-state index is 11.9. The Labute approximate surface area is 109 Å². The molecule has 2 heterocycles. The summed E-state index contributed by atoms with van der Waals surface area (Å²) >= 11 is 1.29. The molecule has 0 amide bonds. The van der Waals surface area contributed by atoms with Gasteiger partial charge in [0, 0.05) is 17.8 Å². The minimum atomic E-state index is -3.42. The van der Waals surface area contributed by atoms with Gasteiger partial charge in [0.2, 0.25) is 10.0 Å². The van der Waals surface area contributed by atoms with Gasteiger partial charge in [-0.1, -0.05) is 12.1 Å². The molecule has 7 nitrogen and oxygen atoms in total. The van der Waals surface area contributed by atoms with Crippen LogP contribution in [0.5, 0.6) is 0 Å². The summed E-state index contributed by atoms with van der Waals surface area (Å²) in [6, 6.07) is 3.46. The van der Waals surface area contributed by atoms with Crippen molar-refractivity contribution in [3.8, 4) is 0 Å². The Balaban J connectivity index is 1.95. The van der Waals surface area contributed by atoms with E-state index in [4.69, 9.17) is 0 Å². The highest BCUT2D eigenvalue weighted by molar-refractivity contribution is 7.91. The molecule has 0 bridgehead atoms. The van der Waals surface area contributed by atoms with E-state index in [0.29, 0.717) is 16.5 Å². The Hall–Kier alpha value is -1.32. The van der Waals surface area contributed by atoms with Crippen LogP contribution in [0, 0.1) is 0 Å². The fraction of sp³-hybridized carbons (Fsp3) is 0.444. The van der Waals surface area contributed by atoms with Crippen LogP contribution in [0.15, 0.2) is 16.3 Å². The smallest absolute Gasteiger partial charge is 0.210 e. The monoisotopic (exact) mass is 287 g/mol. The Morgan fingerprint density at radius 2 is 2.28 bits per heavy atom. The van der Waals surface area contributed by atoms with Crippen LogP contribution in [0.1, 0.15) is 17.6 Å². The lowest BCUT2D eigenvalue weighted by Crippen LogP contribution is -2.25. The first-order valence-electron chi connectivity index (χ1n) is 5.42. The SMILES string of the molecule is CCc1ccc(S(=O)(=O)NCCc2nn[nH]n2)s1. The van der Waals surface area contributed by atoms with Crippen LogP contribution >= 0.6 is 11.3 Å².